The van der Waals surface area contributed by atoms with E-state index in [0.717, 1.165) is 11.2 Å². The lowest BCUT2D eigenvalue weighted by molar-refractivity contribution is -0.122. The molecule has 1 fully saturated rings. The van der Waals surface area contributed by atoms with Crippen LogP contribution in [0.25, 0.3) is 0 Å². The van der Waals surface area contributed by atoms with Crippen molar-refractivity contribution in [2.75, 3.05) is 12.8 Å². The third kappa shape index (κ3) is 4.97. The summed E-state index contributed by atoms with van der Waals surface area (Å²) in [5, 5.41) is 0. The Hall–Kier alpha value is -1.35. The molecule has 2 amide bonds. The summed E-state index contributed by atoms with van der Waals surface area (Å²) in [5.41, 5.74) is 4.50. The van der Waals surface area contributed by atoms with E-state index in [-0.39, 0.29) is 13.0 Å². The van der Waals surface area contributed by atoms with Gasteiger partial charge in [0.05, 0.1) is 18.9 Å². The highest BCUT2D eigenvalue weighted by Gasteiger charge is 2.42. The van der Waals surface area contributed by atoms with Crippen LogP contribution in [0, 0.1) is 0 Å². The van der Waals surface area contributed by atoms with Crippen molar-refractivity contribution in [3.05, 3.63) is 0 Å². The Bertz CT molecular complexity index is 496. The predicted molar refractivity (Wildman–Crippen MR) is 70.3 cm³/mol. The minimum absolute atomic E-state index is 0.0294. The third-order valence-electron chi connectivity index (χ3n) is 2.53. The zero-order chi connectivity index (χ0) is 15.7. The summed E-state index contributed by atoms with van der Waals surface area (Å²) in [4.78, 5) is 24.4. The van der Waals surface area contributed by atoms with E-state index < -0.39 is 39.9 Å². The fourth-order valence-electron chi connectivity index (χ4n) is 1.91. The van der Waals surface area contributed by atoms with Gasteiger partial charge < -0.3 is 10.5 Å². The van der Waals surface area contributed by atoms with Gasteiger partial charge in [0.25, 0.3) is 10.1 Å². The van der Waals surface area contributed by atoms with E-state index in [1.807, 2.05) is 0 Å². The van der Waals surface area contributed by atoms with Crippen molar-refractivity contribution < 1.29 is 26.9 Å². The smallest absolute Gasteiger partial charge is 0.411 e. The lowest BCUT2D eigenvalue weighted by Crippen LogP contribution is -2.45. The summed E-state index contributed by atoms with van der Waals surface area (Å²) >= 11 is 0. The lowest BCUT2D eigenvalue weighted by atomic mass is 10.2. The summed E-state index contributed by atoms with van der Waals surface area (Å²) in [6, 6.07) is -0.934. The lowest BCUT2D eigenvalue weighted by Gasteiger charge is -2.27. The fraction of sp³-hybridized carbons (Fsp3) is 0.818. The standard InChI is InChI=1S/C11H20N2O6S/c1-11(2,3)18-10(15)13-6-7(19-20(4,16)17)5-8(13)9(12)14/h7-8H,5-6H2,1-4H3,(H2,12,14)/t7-,8+/m1/s1. The molecule has 1 rings (SSSR count). The highest BCUT2D eigenvalue weighted by atomic mass is 32.2. The molecule has 1 aliphatic heterocycles. The largest absolute Gasteiger partial charge is 0.444 e. The van der Waals surface area contributed by atoms with E-state index in [2.05, 4.69) is 0 Å². The van der Waals surface area contributed by atoms with Crippen LogP contribution in [0.1, 0.15) is 27.2 Å². The maximum absolute atomic E-state index is 12.0. The summed E-state index contributed by atoms with van der Waals surface area (Å²) < 4.78 is 32.2. The Morgan fingerprint density at radius 1 is 1.30 bits per heavy atom. The van der Waals surface area contributed by atoms with Crippen molar-refractivity contribution in [3.8, 4) is 0 Å². The fourth-order valence-corrected chi connectivity index (χ4v) is 2.54. The SMILES string of the molecule is CC(C)(C)OC(=O)N1C[C@H](OS(C)(=O)=O)C[C@H]1C(N)=O. The van der Waals surface area contributed by atoms with Crippen LogP contribution in [0.5, 0.6) is 0 Å². The number of primary amides is 1. The van der Waals surface area contributed by atoms with Gasteiger partial charge in [-0.3, -0.25) is 13.9 Å². The average molecular weight is 308 g/mol. The molecule has 0 spiro atoms. The second-order valence-electron chi connectivity index (χ2n) is 5.71. The van der Waals surface area contributed by atoms with Crippen LogP contribution in [0.3, 0.4) is 0 Å². The molecule has 1 aliphatic rings. The van der Waals surface area contributed by atoms with Gasteiger partial charge in [0.1, 0.15) is 11.6 Å². The minimum Gasteiger partial charge on any atom is -0.444 e. The molecule has 0 aromatic heterocycles. The Balaban J connectivity index is 2.83. The van der Waals surface area contributed by atoms with Crippen LogP contribution in [-0.2, 0) is 23.8 Å². The van der Waals surface area contributed by atoms with Crippen LogP contribution in [0.15, 0.2) is 0 Å². The number of hydrogen-bond donors (Lipinski definition) is 1. The molecule has 1 heterocycles. The number of rotatable bonds is 3. The first-order valence-corrected chi connectivity index (χ1v) is 7.88. The first-order chi connectivity index (χ1) is 8.89. The van der Waals surface area contributed by atoms with Gasteiger partial charge in [-0.05, 0) is 20.8 Å². The Morgan fingerprint density at radius 3 is 2.25 bits per heavy atom. The Kier molecular flexibility index (Phi) is 4.65. The molecule has 1 saturated heterocycles. The van der Waals surface area contributed by atoms with Crippen LogP contribution in [-0.4, -0.2) is 55.9 Å². The van der Waals surface area contributed by atoms with Crippen molar-refractivity contribution in [2.24, 2.45) is 5.73 Å². The molecule has 2 N–H and O–H groups in total. The maximum atomic E-state index is 12.0. The molecule has 9 heteroatoms. The highest BCUT2D eigenvalue weighted by molar-refractivity contribution is 7.86. The van der Waals surface area contributed by atoms with Gasteiger partial charge in [0, 0.05) is 6.42 Å². The molecule has 0 aromatic carbocycles. The van der Waals surface area contributed by atoms with E-state index in [1.54, 1.807) is 20.8 Å². The van der Waals surface area contributed by atoms with Gasteiger partial charge in [-0.1, -0.05) is 0 Å². The third-order valence-corrected chi connectivity index (χ3v) is 3.15. The number of likely N-dealkylation sites (tertiary alicyclic amines) is 1. The second kappa shape index (κ2) is 5.57. The van der Waals surface area contributed by atoms with Crippen LogP contribution in [0.2, 0.25) is 0 Å². The van der Waals surface area contributed by atoms with Crippen LogP contribution in [0.4, 0.5) is 4.79 Å². The van der Waals surface area contributed by atoms with Crippen molar-refractivity contribution in [1.82, 2.24) is 4.90 Å². The van der Waals surface area contributed by atoms with Crippen LogP contribution < -0.4 is 5.73 Å². The number of carbonyl (C=O) groups is 2. The minimum atomic E-state index is -3.67. The Labute approximate surface area is 118 Å². The van der Waals surface area contributed by atoms with E-state index in [0.29, 0.717) is 0 Å². The molecule has 116 valence electrons. The van der Waals surface area contributed by atoms with E-state index >= 15 is 0 Å². The van der Waals surface area contributed by atoms with E-state index in [1.165, 1.54) is 0 Å². The van der Waals surface area contributed by atoms with Crippen molar-refractivity contribution in [1.29, 1.82) is 0 Å². The van der Waals surface area contributed by atoms with Crippen molar-refractivity contribution in [2.45, 2.75) is 44.9 Å². The number of nitrogens with zero attached hydrogens (tertiary/aromatic N) is 1. The highest BCUT2D eigenvalue weighted by Crippen LogP contribution is 2.24. The monoisotopic (exact) mass is 308 g/mol. The van der Waals surface area contributed by atoms with Gasteiger partial charge in [-0.25, -0.2) is 4.79 Å². The van der Waals surface area contributed by atoms with Gasteiger partial charge in [0.15, 0.2) is 0 Å². The second-order valence-corrected chi connectivity index (χ2v) is 7.31. The molecule has 0 aromatic rings. The zero-order valence-corrected chi connectivity index (χ0v) is 12.8. The van der Waals surface area contributed by atoms with Gasteiger partial charge in [-0.15, -0.1) is 0 Å². The molecule has 8 nitrogen and oxygen atoms in total. The van der Waals surface area contributed by atoms with Crippen LogP contribution >= 0.6 is 0 Å². The summed E-state index contributed by atoms with van der Waals surface area (Å²) in [7, 11) is -3.67. The summed E-state index contributed by atoms with van der Waals surface area (Å²) in [5.74, 6) is -0.726. The van der Waals surface area contributed by atoms with Crippen molar-refractivity contribution in [3.63, 3.8) is 0 Å². The quantitative estimate of drug-likeness (QED) is 0.723. The van der Waals surface area contributed by atoms with E-state index in [4.69, 9.17) is 14.7 Å². The number of amides is 2. The van der Waals surface area contributed by atoms with Gasteiger partial charge >= 0.3 is 6.09 Å². The molecule has 20 heavy (non-hydrogen) atoms. The number of ether oxygens (including phenoxy) is 1. The van der Waals surface area contributed by atoms with Gasteiger partial charge in [-0.2, -0.15) is 8.42 Å². The number of nitrogens with two attached hydrogens (primary N) is 1. The first-order valence-electron chi connectivity index (χ1n) is 6.06. The molecule has 0 bridgehead atoms. The average Bonchev–Trinajstić information content (AvgIpc) is 2.56. The predicted octanol–water partition coefficient (Wildman–Crippen LogP) is -0.174. The molecule has 0 radical (unpaired) electrons. The normalized spacial score (nSPS) is 23.7. The Morgan fingerprint density at radius 2 is 1.85 bits per heavy atom. The molecule has 0 unspecified atom stereocenters. The first kappa shape index (κ1) is 16.7. The summed E-state index contributed by atoms with van der Waals surface area (Å²) in [6.45, 7) is 5.00. The summed E-state index contributed by atoms with van der Waals surface area (Å²) in [6.07, 6.45) is -0.583. The number of hydrogen-bond acceptors (Lipinski definition) is 6. The molecular weight excluding hydrogens is 288 g/mol. The molecule has 0 aliphatic carbocycles. The molecule has 0 saturated carbocycles. The number of carbonyl (C=O) groups excluding carboxylic acids is 2. The van der Waals surface area contributed by atoms with Gasteiger partial charge in [0.2, 0.25) is 5.91 Å². The zero-order valence-electron chi connectivity index (χ0n) is 12.0. The molecule has 2 atom stereocenters. The van der Waals surface area contributed by atoms with E-state index in [9.17, 15) is 18.0 Å². The molecular formula is C11H20N2O6S. The van der Waals surface area contributed by atoms with Crippen molar-refractivity contribution >= 4 is 22.1 Å². The topological polar surface area (TPSA) is 116 Å². The maximum Gasteiger partial charge on any atom is 0.411 e.